The van der Waals surface area contributed by atoms with Crippen LogP contribution in [0.3, 0.4) is 0 Å². The molecule has 0 radical (unpaired) electrons. The van der Waals surface area contributed by atoms with Crippen LogP contribution >= 0.6 is 0 Å². The first-order chi connectivity index (χ1) is 11.1. The first kappa shape index (κ1) is 16.2. The summed E-state index contributed by atoms with van der Waals surface area (Å²) in [6.07, 6.45) is 4.48. The van der Waals surface area contributed by atoms with Gasteiger partial charge in [0.2, 0.25) is 5.91 Å². The van der Waals surface area contributed by atoms with Gasteiger partial charge in [0.1, 0.15) is 5.82 Å². The molecule has 0 aliphatic carbocycles. The van der Waals surface area contributed by atoms with E-state index in [1.165, 1.54) is 18.6 Å². The van der Waals surface area contributed by atoms with Crippen molar-refractivity contribution in [3.05, 3.63) is 30.1 Å². The quantitative estimate of drug-likeness (QED) is 0.930. The SMILES string of the molecule is CC(=O)N1CCC(N2CCC[C@@H](Nc3ccc(F)cc3)C2)CC1. The number of carbonyl (C=O) groups excluding carboxylic acids is 1. The van der Waals surface area contributed by atoms with Crippen molar-refractivity contribution in [2.75, 3.05) is 31.5 Å². The molecule has 4 nitrogen and oxygen atoms in total. The molecule has 5 heteroatoms. The topological polar surface area (TPSA) is 35.6 Å². The van der Waals surface area contributed by atoms with Crippen LogP contribution in [0.15, 0.2) is 24.3 Å². The molecule has 1 aromatic carbocycles. The minimum absolute atomic E-state index is 0.193. The van der Waals surface area contributed by atoms with Crippen LogP contribution in [0, 0.1) is 5.82 Å². The van der Waals surface area contributed by atoms with Crippen LogP contribution in [0.5, 0.6) is 0 Å². The number of nitrogens with zero attached hydrogens (tertiary/aromatic N) is 2. The second kappa shape index (κ2) is 7.30. The van der Waals surface area contributed by atoms with E-state index in [1.807, 2.05) is 4.90 Å². The van der Waals surface area contributed by atoms with E-state index in [1.54, 1.807) is 19.1 Å². The first-order valence-electron chi connectivity index (χ1n) is 8.63. The van der Waals surface area contributed by atoms with Crippen molar-refractivity contribution in [2.45, 2.75) is 44.7 Å². The van der Waals surface area contributed by atoms with Gasteiger partial charge in [0, 0.05) is 44.3 Å². The Balaban J connectivity index is 1.52. The molecule has 0 bridgehead atoms. The summed E-state index contributed by atoms with van der Waals surface area (Å²) in [6.45, 7) is 5.59. The zero-order valence-electron chi connectivity index (χ0n) is 13.8. The van der Waals surface area contributed by atoms with Gasteiger partial charge in [-0.3, -0.25) is 9.69 Å². The molecule has 1 amide bonds. The molecular formula is C18H26FN3O. The molecule has 1 N–H and O–H groups in total. The van der Waals surface area contributed by atoms with Gasteiger partial charge in [-0.05, 0) is 56.5 Å². The molecule has 0 saturated carbocycles. The average molecular weight is 319 g/mol. The van der Waals surface area contributed by atoms with Gasteiger partial charge in [-0.25, -0.2) is 4.39 Å². The molecule has 2 heterocycles. The Morgan fingerprint density at radius 2 is 1.83 bits per heavy atom. The summed E-state index contributed by atoms with van der Waals surface area (Å²) in [5.74, 6) is -0.00370. The lowest BCUT2D eigenvalue weighted by Crippen LogP contribution is -2.51. The van der Waals surface area contributed by atoms with E-state index in [0.29, 0.717) is 12.1 Å². The van der Waals surface area contributed by atoms with Gasteiger partial charge >= 0.3 is 0 Å². The third-order valence-corrected chi connectivity index (χ3v) is 5.09. The van der Waals surface area contributed by atoms with E-state index >= 15 is 0 Å². The van der Waals surface area contributed by atoms with Gasteiger partial charge in [-0.2, -0.15) is 0 Å². The Bertz CT molecular complexity index is 526. The maximum Gasteiger partial charge on any atom is 0.219 e. The maximum absolute atomic E-state index is 13.0. The number of nitrogens with one attached hydrogen (secondary N) is 1. The number of amides is 1. The highest BCUT2D eigenvalue weighted by atomic mass is 19.1. The minimum Gasteiger partial charge on any atom is -0.381 e. The molecule has 3 rings (SSSR count). The highest BCUT2D eigenvalue weighted by Gasteiger charge is 2.29. The highest BCUT2D eigenvalue weighted by molar-refractivity contribution is 5.73. The number of likely N-dealkylation sites (tertiary alicyclic amines) is 2. The summed E-state index contributed by atoms with van der Waals surface area (Å²) in [7, 11) is 0. The summed E-state index contributed by atoms with van der Waals surface area (Å²) in [5, 5.41) is 3.53. The Kier molecular flexibility index (Phi) is 5.16. The number of hydrogen-bond acceptors (Lipinski definition) is 3. The molecule has 0 spiro atoms. The Labute approximate surface area is 137 Å². The number of rotatable bonds is 3. The van der Waals surface area contributed by atoms with Crippen LogP contribution < -0.4 is 5.32 Å². The maximum atomic E-state index is 13.0. The van der Waals surface area contributed by atoms with Crippen molar-refractivity contribution in [3.63, 3.8) is 0 Å². The number of hydrogen-bond donors (Lipinski definition) is 1. The predicted molar refractivity (Wildman–Crippen MR) is 89.9 cm³/mol. The second-order valence-corrected chi connectivity index (χ2v) is 6.72. The van der Waals surface area contributed by atoms with Crippen LogP contribution in [0.2, 0.25) is 0 Å². The molecule has 0 aromatic heterocycles. The molecule has 2 saturated heterocycles. The van der Waals surface area contributed by atoms with E-state index in [0.717, 1.165) is 51.1 Å². The largest absolute Gasteiger partial charge is 0.381 e. The fraction of sp³-hybridized carbons (Fsp3) is 0.611. The third-order valence-electron chi connectivity index (χ3n) is 5.09. The van der Waals surface area contributed by atoms with Gasteiger partial charge in [-0.1, -0.05) is 0 Å². The molecule has 2 aliphatic rings. The predicted octanol–water partition coefficient (Wildman–Crippen LogP) is 2.71. The van der Waals surface area contributed by atoms with Gasteiger partial charge in [0.15, 0.2) is 0 Å². The summed E-state index contributed by atoms with van der Waals surface area (Å²) in [5.41, 5.74) is 0.990. The molecule has 126 valence electrons. The van der Waals surface area contributed by atoms with Gasteiger partial charge in [-0.15, -0.1) is 0 Å². The minimum atomic E-state index is -0.196. The summed E-state index contributed by atoms with van der Waals surface area (Å²) < 4.78 is 13.0. The molecular weight excluding hydrogens is 293 g/mol. The van der Waals surface area contributed by atoms with Gasteiger partial charge < -0.3 is 10.2 Å². The monoisotopic (exact) mass is 319 g/mol. The smallest absolute Gasteiger partial charge is 0.219 e. The Morgan fingerprint density at radius 3 is 2.48 bits per heavy atom. The summed E-state index contributed by atoms with van der Waals surface area (Å²) >= 11 is 0. The lowest BCUT2D eigenvalue weighted by molar-refractivity contribution is -0.130. The number of anilines is 1. The second-order valence-electron chi connectivity index (χ2n) is 6.72. The zero-order valence-corrected chi connectivity index (χ0v) is 13.8. The van der Waals surface area contributed by atoms with E-state index < -0.39 is 0 Å². The normalized spacial score (nSPS) is 23.7. The Morgan fingerprint density at radius 1 is 1.13 bits per heavy atom. The van der Waals surface area contributed by atoms with Crippen molar-refractivity contribution in [1.29, 1.82) is 0 Å². The van der Waals surface area contributed by atoms with E-state index in [2.05, 4.69) is 10.2 Å². The first-order valence-corrected chi connectivity index (χ1v) is 8.63. The number of carbonyl (C=O) groups is 1. The molecule has 2 aliphatic heterocycles. The number of piperidine rings is 2. The molecule has 1 aromatic rings. The molecule has 0 unspecified atom stereocenters. The van der Waals surface area contributed by atoms with Crippen molar-refractivity contribution in [3.8, 4) is 0 Å². The third kappa shape index (κ3) is 4.22. The van der Waals surface area contributed by atoms with Crippen LogP contribution in [0.4, 0.5) is 10.1 Å². The van der Waals surface area contributed by atoms with Crippen LogP contribution in [0.1, 0.15) is 32.6 Å². The fourth-order valence-corrected chi connectivity index (χ4v) is 3.78. The van der Waals surface area contributed by atoms with Crippen LogP contribution in [-0.2, 0) is 4.79 Å². The van der Waals surface area contributed by atoms with Crippen LogP contribution in [0.25, 0.3) is 0 Å². The van der Waals surface area contributed by atoms with Gasteiger partial charge in [0.25, 0.3) is 0 Å². The summed E-state index contributed by atoms with van der Waals surface area (Å²) in [4.78, 5) is 16.0. The van der Waals surface area contributed by atoms with Crippen molar-refractivity contribution in [2.24, 2.45) is 0 Å². The molecule has 23 heavy (non-hydrogen) atoms. The zero-order chi connectivity index (χ0) is 16.2. The van der Waals surface area contributed by atoms with E-state index in [9.17, 15) is 9.18 Å². The van der Waals surface area contributed by atoms with Crippen molar-refractivity contribution < 1.29 is 9.18 Å². The number of halogens is 1. The van der Waals surface area contributed by atoms with Crippen molar-refractivity contribution in [1.82, 2.24) is 9.80 Å². The molecule has 2 fully saturated rings. The lowest BCUT2D eigenvalue weighted by atomic mass is 9.97. The number of benzene rings is 1. The average Bonchev–Trinajstić information content (AvgIpc) is 2.57. The van der Waals surface area contributed by atoms with Gasteiger partial charge in [0.05, 0.1) is 0 Å². The molecule has 1 atom stereocenters. The van der Waals surface area contributed by atoms with E-state index in [4.69, 9.17) is 0 Å². The Hall–Kier alpha value is -1.62. The van der Waals surface area contributed by atoms with Crippen LogP contribution in [-0.4, -0.2) is 54.0 Å². The standard InChI is InChI=1S/C18H26FN3O/c1-14(23)21-11-8-18(9-12-21)22-10-2-3-17(13-22)20-16-6-4-15(19)5-7-16/h4-7,17-18,20H,2-3,8-13H2,1H3/t17-/m1/s1. The highest BCUT2D eigenvalue weighted by Crippen LogP contribution is 2.23. The van der Waals surface area contributed by atoms with Crippen molar-refractivity contribution >= 4 is 11.6 Å². The van der Waals surface area contributed by atoms with E-state index in [-0.39, 0.29) is 11.7 Å². The summed E-state index contributed by atoms with van der Waals surface area (Å²) in [6, 6.07) is 7.61. The lowest BCUT2D eigenvalue weighted by Gasteiger charge is -2.42. The fourth-order valence-electron chi connectivity index (χ4n) is 3.78.